The number of piperidine rings is 1. The Labute approximate surface area is 177 Å². The van der Waals surface area contributed by atoms with E-state index in [-0.39, 0.29) is 29.6 Å². The molecule has 0 amide bonds. The van der Waals surface area contributed by atoms with Crippen LogP contribution in [0.25, 0.3) is 17.0 Å². The second-order valence-corrected chi connectivity index (χ2v) is 8.17. The van der Waals surface area contributed by atoms with Gasteiger partial charge in [-0.25, -0.2) is 23.3 Å². The fourth-order valence-electron chi connectivity index (χ4n) is 4.25. The van der Waals surface area contributed by atoms with Gasteiger partial charge in [0, 0.05) is 30.6 Å². The van der Waals surface area contributed by atoms with Crippen LogP contribution in [0, 0.1) is 11.6 Å². The van der Waals surface area contributed by atoms with Crippen molar-refractivity contribution in [3.05, 3.63) is 35.7 Å². The molecule has 31 heavy (non-hydrogen) atoms. The Hall–Kier alpha value is -2.85. The molecule has 0 bridgehead atoms. The second kappa shape index (κ2) is 8.01. The van der Waals surface area contributed by atoms with Crippen molar-refractivity contribution in [2.75, 3.05) is 25.5 Å². The molecule has 164 valence electrons. The van der Waals surface area contributed by atoms with Gasteiger partial charge in [-0.2, -0.15) is 5.10 Å². The van der Waals surface area contributed by atoms with Gasteiger partial charge in [0.25, 0.3) is 0 Å². The van der Waals surface area contributed by atoms with Crippen LogP contribution in [0.3, 0.4) is 0 Å². The summed E-state index contributed by atoms with van der Waals surface area (Å²) in [7, 11) is 1.55. The van der Waals surface area contributed by atoms with Crippen molar-refractivity contribution in [3.63, 3.8) is 0 Å². The Kier molecular flexibility index (Phi) is 5.19. The van der Waals surface area contributed by atoms with Gasteiger partial charge in [-0.15, -0.1) is 0 Å². The van der Waals surface area contributed by atoms with Crippen molar-refractivity contribution < 1.29 is 18.6 Å². The highest BCUT2D eigenvalue weighted by atomic mass is 19.1. The molecule has 1 saturated carbocycles. The maximum atomic E-state index is 14.8. The van der Waals surface area contributed by atoms with Gasteiger partial charge in [0.15, 0.2) is 23.1 Å². The van der Waals surface area contributed by atoms with E-state index in [0.29, 0.717) is 42.2 Å². The molecule has 4 heterocycles. The predicted molar refractivity (Wildman–Crippen MR) is 110 cm³/mol. The third-order valence-electron chi connectivity index (χ3n) is 6.01. The van der Waals surface area contributed by atoms with Crippen LogP contribution in [0.5, 0.6) is 5.75 Å². The molecule has 1 atom stereocenters. The van der Waals surface area contributed by atoms with E-state index in [1.807, 2.05) is 0 Å². The minimum atomic E-state index is -0.787. The topological polar surface area (TPSA) is 96.6 Å². The third-order valence-corrected chi connectivity index (χ3v) is 6.01. The molecule has 1 aliphatic carbocycles. The summed E-state index contributed by atoms with van der Waals surface area (Å²) in [5.41, 5.74) is 1.43. The average Bonchev–Trinajstić information content (AvgIpc) is 3.16. The van der Waals surface area contributed by atoms with E-state index in [1.165, 1.54) is 10.7 Å². The normalized spacial score (nSPS) is 23.5. The number of aromatic nitrogens is 4. The highest BCUT2D eigenvalue weighted by molar-refractivity contribution is 5.63. The van der Waals surface area contributed by atoms with Crippen molar-refractivity contribution in [2.45, 2.75) is 43.7 Å². The molecule has 3 aromatic heterocycles. The fourth-order valence-corrected chi connectivity index (χ4v) is 4.25. The van der Waals surface area contributed by atoms with Crippen molar-refractivity contribution in [1.29, 1.82) is 0 Å². The van der Waals surface area contributed by atoms with Gasteiger partial charge in [0.1, 0.15) is 22.8 Å². The smallest absolute Gasteiger partial charge is 0.168 e. The van der Waals surface area contributed by atoms with Crippen LogP contribution < -0.4 is 15.4 Å². The van der Waals surface area contributed by atoms with Crippen LogP contribution in [-0.4, -0.2) is 57.0 Å². The molecule has 0 radical (unpaired) electrons. The molecule has 0 spiro atoms. The number of fused-ring (bicyclic) bond motifs is 1. The SMILES string of the molecule is COc1cc2ncc(-c3nc(N[C@@H]4CCCNC4)c(F)cc3F)n2nc1C1CC(O)C1. The molecule has 1 saturated heterocycles. The Bertz CT molecular complexity index is 1110. The zero-order valence-corrected chi connectivity index (χ0v) is 17.1. The maximum absolute atomic E-state index is 14.8. The summed E-state index contributed by atoms with van der Waals surface area (Å²) < 4.78 is 36.1. The Morgan fingerprint density at radius 2 is 2.10 bits per heavy atom. The summed E-state index contributed by atoms with van der Waals surface area (Å²) in [6, 6.07) is 2.59. The van der Waals surface area contributed by atoms with Crippen LogP contribution in [0.4, 0.5) is 14.6 Å². The van der Waals surface area contributed by atoms with Gasteiger partial charge in [-0.3, -0.25) is 0 Å². The fraction of sp³-hybridized carbons (Fsp3) is 0.476. The van der Waals surface area contributed by atoms with Crippen LogP contribution in [0.15, 0.2) is 18.3 Å². The maximum Gasteiger partial charge on any atom is 0.168 e. The number of rotatable bonds is 5. The summed E-state index contributed by atoms with van der Waals surface area (Å²) >= 11 is 0. The number of pyridine rings is 1. The van der Waals surface area contributed by atoms with Gasteiger partial charge < -0.3 is 20.5 Å². The number of hydrogen-bond donors (Lipinski definition) is 3. The number of aliphatic hydroxyl groups is 1. The first-order chi connectivity index (χ1) is 15.0. The van der Waals surface area contributed by atoms with Crippen molar-refractivity contribution in [1.82, 2.24) is 24.9 Å². The van der Waals surface area contributed by atoms with Gasteiger partial charge in [-0.1, -0.05) is 0 Å². The van der Waals surface area contributed by atoms with Gasteiger partial charge in [-0.05, 0) is 32.2 Å². The van der Waals surface area contributed by atoms with Gasteiger partial charge in [0.2, 0.25) is 0 Å². The zero-order chi connectivity index (χ0) is 21.5. The van der Waals surface area contributed by atoms with E-state index in [4.69, 9.17) is 4.74 Å². The molecule has 5 rings (SSSR count). The molecule has 8 nitrogen and oxygen atoms in total. The Morgan fingerprint density at radius 1 is 1.26 bits per heavy atom. The minimum Gasteiger partial charge on any atom is -0.495 e. The number of hydrogen-bond acceptors (Lipinski definition) is 7. The largest absolute Gasteiger partial charge is 0.495 e. The number of halogens is 2. The molecular weight excluding hydrogens is 406 g/mol. The lowest BCUT2D eigenvalue weighted by molar-refractivity contribution is 0.0718. The predicted octanol–water partition coefficient (Wildman–Crippen LogP) is 2.48. The summed E-state index contributed by atoms with van der Waals surface area (Å²) in [4.78, 5) is 8.57. The number of anilines is 1. The standard InChI is InChI=1S/C21H24F2N6O2/c1-31-17-8-18-25-10-16(29(18)28-19(17)11-5-13(30)6-11)20-14(22)7-15(23)21(27-20)26-12-3-2-4-24-9-12/h7-8,10-13,24,30H,2-6,9H2,1H3,(H,26,27)/t11?,12-,13?/m1/s1. The highest BCUT2D eigenvalue weighted by Gasteiger charge is 2.33. The van der Waals surface area contributed by atoms with E-state index < -0.39 is 11.6 Å². The van der Waals surface area contributed by atoms with Crippen LogP contribution in [-0.2, 0) is 0 Å². The first-order valence-electron chi connectivity index (χ1n) is 10.5. The van der Waals surface area contributed by atoms with Crippen molar-refractivity contribution in [3.8, 4) is 17.1 Å². The number of nitrogens with zero attached hydrogens (tertiary/aromatic N) is 4. The number of imidazole rings is 1. The molecular formula is C21H24F2N6O2. The van der Waals surface area contributed by atoms with Gasteiger partial charge >= 0.3 is 0 Å². The molecule has 0 unspecified atom stereocenters. The lowest BCUT2D eigenvalue weighted by Gasteiger charge is -2.31. The quantitative estimate of drug-likeness (QED) is 0.572. The Balaban J connectivity index is 1.55. The molecule has 1 aliphatic heterocycles. The van der Waals surface area contributed by atoms with E-state index in [1.54, 1.807) is 13.2 Å². The van der Waals surface area contributed by atoms with E-state index >= 15 is 0 Å². The summed E-state index contributed by atoms with van der Waals surface area (Å²) in [6.07, 6.45) is 4.15. The first kappa shape index (κ1) is 20.1. The summed E-state index contributed by atoms with van der Waals surface area (Å²) in [5, 5.41) is 20.7. The first-order valence-corrected chi connectivity index (χ1v) is 10.5. The van der Waals surface area contributed by atoms with E-state index in [0.717, 1.165) is 25.5 Å². The second-order valence-electron chi connectivity index (χ2n) is 8.17. The summed E-state index contributed by atoms with van der Waals surface area (Å²) in [5.74, 6) is -0.895. The van der Waals surface area contributed by atoms with Crippen molar-refractivity contribution in [2.24, 2.45) is 0 Å². The lowest BCUT2D eigenvalue weighted by Crippen LogP contribution is -2.38. The summed E-state index contributed by atoms with van der Waals surface area (Å²) in [6.45, 7) is 1.63. The van der Waals surface area contributed by atoms with Crippen molar-refractivity contribution >= 4 is 11.5 Å². The van der Waals surface area contributed by atoms with Crippen LogP contribution in [0.1, 0.15) is 37.3 Å². The van der Waals surface area contributed by atoms with Gasteiger partial charge in [0.05, 0.1) is 19.4 Å². The number of methoxy groups -OCH3 is 1. The van der Waals surface area contributed by atoms with E-state index in [9.17, 15) is 13.9 Å². The van der Waals surface area contributed by atoms with Crippen LogP contribution >= 0.6 is 0 Å². The highest BCUT2D eigenvalue weighted by Crippen LogP contribution is 2.40. The molecule has 3 N–H and O–H groups in total. The number of ether oxygens (including phenoxy) is 1. The minimum absolute atomic E-state index is 0.0101. The average molecular weight is 430 g/mol. The lowest BCUT2D eigenvalue weighted by atomic mass is 9.80. The third kappa shape index (κ3) is 3.70. The van der Waals surface area contributed by atoms with Crippen LogP contribution in [0.2, 0.25) is 0 Å². The number of nitrogens with one attached hydrogen (secondary N) is 2. The molecule has 3 aromatic rings. The molecule has 2 fully saturated rings. The Morgan fingerprint density at radius 3 is 2.81 bits per heavy atom. The number of aliphatic hydroxyl groups excluding tert-OH is 1. The zero-order valence-electron chi connectivity index (χ0n) is 17.1. The molecule has 0 aromatic carbocycles. The molecule has 10 heteroatoms. The molecule has 2 aliphatic rings. The van der Waals surface area contributed by atoms with E-state index in [2.05, 4.69) is 25.7 Å². The monoisotopic (exact) mass is 430 g/mol.